The molecule has 0 bridgehead atoms. The summed E-state index contributed by atoms with van der Waals surface area (Å²) >= 11 is 4.31. The third-order valence-electron chi connectivity index (χ3n) is 3.69. The van der Waals surface area contributed by atoms with Crippen LogP contribution in [-0.4, -0.2) is 34.7 Å². The fourth-order valence-corrected chi connectivity index (χ4v) is 5.26. The van der Waals surface area contributed by atoms with E-state index in [0.29, 0.717) is 34.1 Å². The van der Waals surface area contributed by atoms with Gasteiger partial charge in [-0.25, -0.2) is 4.98 Å². The molecule has 0 saturated carbocycles. The number of nitrogens with zero attached hydrogens (tertiary/aromatic N) is 2. The molecular formula is C18H17F3N2O2S3. The molecule has 4 nitrogen and oxygen atoms in total. The first kappa shape index (κ1) is 21.1. The van der Waals surface area contributed by atoms with Crippen molar-refractivity contribution >= 4 is 44.7 Å². The van der Waals surface area contributed by atoms with Crippen molar-refractivity contribution < 1.29 is 17.9 Å². The Morgan fingerprint density at radius 3 is 2.86 bits per heavy atom. The van der Waals surface area contributed by atoms with E-state index in [9.17, 15) is 18.0 Å². The molecule has 3 heterocycles. The Morgan fingerprint density at radius 2 is 2.18 bits per heavy atom. The Bertz CT molecular complexity index is 994. The van der Waals surface area contributed by atoms with Gasteiger partial charge in [0.25, 0.3) is 5.56 Å². The highest BCUT2D eigenvalue weighted by molar-refractivity contribution is 7.99. The molecule has 0 radical (unpaired) electrons. The molecule has 0 aromatic carbocycles. The van der Waals surface area contributed by atoms with E-state index < -0.39 is 12.8 Å². The van der Waals surface area contributed by atoms with Crippen molar-refractivity contribution in [3.63, 3.8) is 0 Å². The lowest BCUT2D eigenvalue weighted by molar-refractivity contribution is -0.173. The Morgan fingerprint density at radius 1 is 1.36 bits per heavy atom. The molecule has 3 aromatic heterocycles. The highest BCUT2D eigenvalue weighted by Gasteiger charge is 2.27. The molecule has 0 spiro atoms. The zero-order chi connectivity index (χ0) is 20.1. The number of hydrogen-bond acceptors (Lipinski definition) is 6. The maximum absolute atomic E-state index is 13.1. The summed E-state index contributed by atoms with van der Waals surface area (Å²) in [6.07, 6.45) is -2.26. The van der Waals surface area contributed by atoms with Crippen molar-refractivity contribution in [2.75, 3.05) is 19.0 Å². The lowest BCUT2D eigenvalue weighted by Gasteiger charge is -2.11. The normalized spacial score (nSPS) is 12.0. The first-order valence-electron chi connectivity index (χ1n) is 8.35. The van der Waals surface area contributed by atoms with Gasteiger partial charge in [0.2, 0.25) is 0 Å². The van der Waals surface area contributed by atoms with Gasteiger partial charge >= 0.3 is 6.18 Å². The fourth-order valence-electron chi connectivity index (χ4n) is 2.53. The predicted octanol–water partition coefficient (Wildman–Crippen LogP) is 5.43. The number of thiophene rings is 2. The van der Waals surface area contributed by atoms with E-state index in [1.807, 2.05) is 22.9 Å². The van der Waals surface area contributed by atoms with Gasteiger partial charge in [0.15, 0.2) is 5.16 Å². The quantitative estimate of drug-likeness (QED) is 0.190. The van der Waals surface area contributed by atoms with Crippen LogP contribution < -0.4 is 5.56 Å². The van der Waals surface area contributed by atoms with Gasteiger partial charge in [0, 0.05) is 34.7 Å². The van der Waals surface area contributed by atoms with E-state index in [4.69, 9.17) is 0 Å². The number of ether oxygens (including phenoxy) is 1. The number of fused-ring (bicyclic) bond motifs is 1. The van der Waals surface area contributed by atoms with Gasteiger partial charge in [-0.2, -0.15) is 13.2 Å². The monoisotopic (exact) mass is 446 g/mol. The number of hydrogen-bond donors (Lipinski definition) is 0. The summed E-state index contributed by atoms with van der Waals surface area (Å²) in [6.45, 7) is 2.77. The second-order valence-corrected chi connectivity index (χ2v) is 8.64. The van der Waals surface area contributed by atoms with Gasteiger partial charge in [-0.1, -0.05) is 23.9 Å². The first-order valence-corrected chi connectivity index (χ1v) is 11.1. The third kappa shape index (κ3) is 5.05. The summed E-state index contributed by atoms with van der Waals surface area (Å²) in [5, 5.41) is 5.02. The number of allylic oxidation sites excluding steroid dienone is 1. The zero-order valence-electron chi connectivity index (χ0n) is 14.7. The molecule has 3 aromatic rings. The van der Waals surface area contributed by atoms with Crippen LogP contribution in [0, 0.1) is 0 Å². The summed E-state index contributed by atoms with van der Waals surface area (Å²) in [6, 6.07) is 3.90. The summed E-state index contributed by atoms with van der Waals surface area (Å²) in [5.74, 6) is 0.496. The summed E-state index contributed by atoms with van der Waals surface area (Å²) in [5.41, 5.74) is 0.743. The molecule has 0 amide bonds. The van der Waals surface area contributed by atoms with Gasteiger partial charge in [-0.3, -0.25) is 9.36 Å². The number of rotatable bonds is 9. The zero-order valence-corrected chi connectivity index (χ0v) is 17.1. The third-order valence-corrected chi connectivity index (χ3v) is 6.52. The first-order chi connectivity index (χ1) is 13.4. The van der Waals surface area contributed by atoms with Crippen LogP contribution in [0.25, 0.3) is 20.7 Å². The predicted molar refractivity (Wildman–Crippen MR) is 110 cm³/mol. The van der Waals surface area contributed by atoms with E-state index >= 15 is 0 Å². The minimum absolute atomic E-state index is 0.00196. The highest BCUT2D eigenvalue weighted by atomic mass is 32.2. The van der Waals surface area contributed by atoms with Crippen LogP contribution in [0.5, 0.6) is 0 Å². The molecule has 0 aliphatic carbocycles. The van der Waals surface area contributed by atoms with Crippen molar-refractivity contribution in [2.24, 2.45) is 0 Å². The number of aromatic nitrogens is 2. The Labute approximate surface area is 171 Å². The van der Waals surface area contributed by atoms with E-state index in [-0.39, 0.29) is 12.2 Å². The molecule has 150 valence electrons. The van der Waals surface area contributed by atoms with Crippen LogP contribution in [0.3, 0.4) is 0 Å². The summed E-state index contributed by atoms with van der Waals surface area (Å²) in [7, 11) is 0. The number of alkyl halides is 3. The Hall–Kier alpha value is -1.62. The Kier molecular flexibility index (Phi) is 6.97. The van der Waals surface area contributed by atoms with Crippen molar-refractivity contribution in [2.45, 2.75) is 24.3 Å². The second-order valence-electron chi connectivity index (χ2n) is 5.78. The van der Waals surface area contributed by atoms with Crippen LogP contribution in [0.4, 0.5) is 13.2 Å². The lowest BCUT2D eigenvalue weighted by Crippen LogP contribution is -2.22. The van der Waals surface area contributed by atoms with Crippen LogP contribution in [-0.2, 0) is 11.3 Å². The molecule has 0 atom stereocenters. The van der Waals surface area contributed by atoms with E-state index in [1.54, 1.807) is 22.0 Å². The molecule has 10 heteroatoms. The van der Waals surface area contributed by atoms with Crippen LogP contribution >= 0.6 is 34.4 Å². The van der Waals surface area contributed by atoms with Gasteiger partial charge in [0.1, 0.15) is 11.4 Å². The van der Waals surface area contributed by atoms with Crippen molar-refractivity contribution in [1.29, 1.82) is 0 Å². The largest absolute Gasteiger partial charge is 0.411 e. The maximum atomic E-state index is 13.1. The topological polar surface area (TPSA) is 44.1 Å². The van der Waals surface area contributed by atoms with Crippen LogP contribution in [0.2, 0.25) is 0 Å². The minimum Gasteiger partial charge on any atom is -0.372 e. The summed E-state index contributed by atoms with van der Waals surface area (Å²) in [4.78, 5) is 19.4. The molecule has 0 saturated heterocycles. The SMILES string of the molecule is C=CCn1c(SCCCOCC(F)(F)F)nc2scc(-c3cccs3)c2c1=O. The average molecular weight is 447 g/mol. The number of thioether (sulfide) groups is 1. The highest BCUT2D eigenvalue weighted by Crippen LogP contribution is 2.34. The lowest BCUT2D eigenvalue weighted by atomic mass is 10.2. The minimum atomic E-state index is -4.32. The molecule has 28 heavy (non-hydrogen) atoms. The van der Waals surface area contributed by atoms with Crippen molar-refractivity contribution in [3.05, 3.63) is 45.9 Å². The second kappa shape index (κ2) is 9.25. The van der Waals surface area contributed by atoms with E-state index in [2.05, 4.69) is 16.3 Å². The average Bonchev–Trinajstić information content (AvgIpc) is 3.29. The van der Waals surface area contributed by atoms with E-state index in [0.717, 1.165) is 10.4 Å². The standard InChI is InChI=1S/C18H17F3N2O2S3/c1-2-6-23-16(24)14-12(13-5-3-8-26-13)10-28-15(14)22-17(23)27-9-4-7-25-11-18(19,20)21/h2-3,5,8,10H,1,4,6-7,9,11H2. The van der Waals surface area contributed by atoms with Crippen LogP contribution in [0.1, 0.15) is 6.42 Å². The van der Waals surface area contributed by atoms with E-state index in [1.165, 1.54) is 23.1 Å². The molecule has 0 aliphatic rings. The molecule has 3 rings (SSSR count). The van der Waals surface area contributed by atoms with Gasteiger partial charge in [0.05, 0.1) is 5.39 Å². The molecule has 0 fully saturated rings. The molecule has 0 unspecified atom stereocenters. The fraction of sp³-hybridized carbons (Fsp3) is 0.333. The van der Waals surface area contributed by atoms with Gasteiger partial charge in [-0.05, 0) is 17.9 Å². The van der Waals surface area contributed by atoms with Crippen molar-refractivity contribution in [1.82, 2.24) is 9.55 Å². The van der Waals surface area contributed by atoms with Crippen LogP contribution in [0.15, 0.2) is 45.5 Å². The number of halogens is 3. The smallest absolute Gasteiger partial charge is 0.372 e. The summed E-state index contributed by atoms with van der Waals surface area (Å²) < 4.78 is 42.4. The van der Waals surface area contributed by atoms with Crippen molar-refractivity contribution in [3.8, 4) is 10.4 Å². The molecular weight excluding hydrogens is 429 g/mol. The molecule has 0 N–H and O–H groups in total. The van der Waals surface area contributed by atoms with Gasteiger partial charge in [-0.15, -0.1) is 29.3 Å². The molecule has 0 aliphatic heterocycles. The maximum Gasteiger partial charge on any atom is 0.411 e. The Balaban J connectivity index is 1.78. The van der Waals surface area contributed by atoms with Gasteiger partial charge < -0.3 is 4.74 Å².